The Kier molecular flexibility index (Phi) is 4.17. The van der Waals surface area contributed by atoms with Crippen molar-refractivity contribution in [1.29, 1.82) is 0 Å². The van der Waals surface area contributed by atoms with Gasteiger partial charge in [0.15, 0.2) is 5.82 Å². The highest BCUT2D eigenvalue weighted by molar-refractivity contribution is 5.89. The van der Waals surface area contributed by atoms with E-state index >= 15 is 0 Å². The fraction of sp³-hybridized carbons (Fsp3) is 0.368. The zero-order chi connectivity index (χ0) is 17.2. The third-order valence-electron chi connectivity index (χ3n) is 4.67. The Bertz CT molecular complexity index is 877. The maximum atomic E-state index is 4.59. The molecule has 0 bridgehead atoms. The van der Waals surface area contributed by atoms with Crippen LogP contribution in [0.25, 0.3) is 10.9 Å². The molecular formula is C19H22N6. The molecule has 3 heterocycles. The summed E-state index contributed by atoms with van der Waals surface area (Å²) in [6.07, 6.45) is 2.73. The van der Waals surface area contributed by atoms with E-state index < -0.39 is 0 Å². The van der Waals surface area contributed by atoms with Crippen molar-refractivity contribution in [2.24, 2.45) is 0 Å². The molecule has 0 spiro atoms. The first-order valence-electron chi connectivity index (χ1n) is 8.72. The maximum absolute atomic E-state index is 4.59. The minimum absolute atomic E-state index is 0.912. The standard InChI is InChI=1S/C19H22N6/c1-14-4-6-17-16(12-14)19(21-13-20-17)25-9-3-8-24(10-11-25)18-7-5-15(2)22-23-18/h4-7,12-13H,3,8-11H2,1-2H3. The average Bonchev–Trinajstić information content (AvgIpc) is 2.88. The van der Waals surface area contributed by atoms with Gasteiger partial charge in [-0.3, -0.25) is 0 Å². The molecule has 0 N–H and O–H groups in total. The van der Waals surface area contributed by atoms with Crippen LogP contribution in [0.1, 0.15) is 17.7 Å². The summed E-state index contributed by atoms with van der Waals surface area (Å²) < 4.78 is 0. The molecule has 3 aromatic rings. The second-order valence-electron chi connectivity index (χ2n) is 6.58. The summed E-state index contributed by atoms with van der Waals surface area (Å²) in [5, 5.41) is 9.65. The number of benzene rings is 1. The molecule has 0 aliphatic carbocycles. The lowest BCUT2D eigenvalue weighted by atomic mass is 10.1. The molecule has 0 unspecified atom stereocenters. The molecule has 6 heteroatoms. The Labute approximate surface area is 147 Å². The van der Waals surface area contributed by atoms with E-state index in [1.54, 1.807) is 6.33 Å². The molecule has 1 aromatic carbocycles. The minimum atomic E-state index is 0.912. The number of nitrogens with zero attached hydrogens (tertiary/aromatic N) is 6. The largest absolute Gasteiger partial charge is 0.354 e. The fourth-order valence-electron chi connectivity index (χ4n) is 3.33. The highest BCUT2D eigenvalue weighted by Gasteiger charge is 2.19. The summed E-state index contributed by atoms with van der Waals surface area (Å²) in [6, 6.07) is 10.4. The summed E-state index contributed by atoms with van der Waals surface area (Å²) in [5.41, 5.74) is 3.18. The Balaban J connectivity index is 1.59. The normalized spacial score (nSPS) is 15.4. The fourth-order valence-corrected chi connectivity index (χ4v) is 3.33. The van der Waals surface area contributed by atoms with E-state index in [1.165, 1.54) is 5.56 Å². The van der Waals surface area contributed by atoms with E-state index in [0.29, 0.717) is 0 Å². The molecule has 128 valence electrons. The molecule has 1 aliphatic heterocycles. The van der Waals surface area contributed by atoms with Gasteiger partial charge in [-0.25, -0.2) is 9.97 Å². The smallest absolute Gasteiger partial charge is 0.151 e. The lowest BCUT2D eigenvalue weighted by Crippen LogP contribution is -2.31. The highest BCUT2D eigenvalue weighted by Crippen LogP contribution is 2.25. The molecule has 6 nitrogen and oxygen atoms in total. The van der Waals surface area contributed by atoms with Gasteiger partial charge in [0.1, 0.15) is 12.1 Å². The van der Waals surface area contributed by atoms with E-state index in [0.717, 1.165) is 60.8 Å². The summed E-state index contributed by atoms with van der Waals surface area (Å²) >= 11 is 0. The number of fused-ring (bicyclic) bond motifs is 1. The molecule has 0 radical (unpaired) electrons. The van der Waals surface area contributed by atoms with Crippen LogP contribution in [0.3, 0.4) is 0 Å². The van der Waals surface area contributed by atoms with Crippen LogP contribution in [0, 0.1) is 13.8 Å². The topological polar surface area (TPSA) is 58.0 Å². The first kappa shape index (κ1) is 15.7. The number of hydrogen-bond acceptors (Lipinski definition) is 6. The number of anilines is 2. The van der Waals surface area contributed by atoms with Gasteiger partial charge in [-0.05, 0) is 44.5 Å². The van der Waals surface area contributed by atoms with Crippen LogP contribution < -0.4 is 9.80 Å². The van der Waals surface area contributed by atoms with Crippen molar-refractivity contribution < 1.29 is 0 Å². The third-order valence-corrected chi connectivity index (χ3v) is 4.67. The van der Waals surface area contributed by atoms with Gasteiger partial charge in [-0.1, -0.05) is 11.6 Å². The summed E-state index contributed by atoms with van der Waals surface area (Å²) in [6.45, 7) is 7.86. The van der Waals surface area contributed by atoms with Crippen LogP contribution in [-0.2, 0) is 0 Å². The van der Waals surface area contributed by atoms with Crippen LogP contribution in [-0.4, -0.2) is 46.3 Å². The van der Waals surface area contributed by atoms with Crippen LogP contribution >= 0.6 is 0 Å². The SMILES string of the molecule is Cc1ccc2ncnc(N3CCCN(c4ccc(C)nn4)CC3)c2c1. The lowest BCUT2D eigenvalue weighted by Gasteiger charge is -2.24. The van der Waals surface area contributed by atoms with Gasteiger partial charge in [0.05, 0.1) is 11.2 Å². The van der Waals surface area contributed by atoms with Gasteiger partial charge in [0.25, 0.3) is 0 Å². The molecule has 1 aliphatic rings. The Morgan fingerprint density at radius 2 is 1.68 bits per heavy atom. The van der Waals surface area contributed by atoms with Crippen LogP contribution in [0.5, 0.6) is 0 Å². The van der Waals surface area contributed by atoms with Crippen molar-refractivity contribution >= 4 is 22.5 Å². The minimum Gasteiger partial charge on any atom is -0.354 e. The quantitative estimate of drug-likeness (QED) is 0.718. The first-order chi connectivity index (χ1) is 12.2. The predicted octanol–water partition coefficient (Wildman–Crippen LogP) is 2.75. The molecule has 4 rings (SSSR count). The van der Waals surface area contributed by atoms with Gasteiger partial charge in [0, 0.05) is 31.6 Å². The first-order valence-corrected chi connectivity index (χ1v) is 8.72. The predicted molar refractivity (Wildman–Crippen MR) is 100 cm³/mol. The van der Waals surface area contributed by atoms with Crippen molar-refractivity contribution in [3.8, 4) is 0 Å². The Morgan fingerprint density at radius 1 is 0.840 bits per heavy atom. The number of rotatable bonds is 2. The van der Waals surface area contributed by atoms with Crippen molar-refractivity contribution in [2.45, 2.75) is 20.3 Å². The zero-order valence-corrected chi connectivity index (χ0v) is 14.7. The molecule has 0 atom stereocenters. The van der Waals surface area contributed by atoms with Crippen LogP contribution in [0.2, 0.25) is 0 Å². The van der Waals surface area contributed by atoms with E-state index in [-0.39, 0.29) is 0 Å². The van der Waals surface area contributed by atoms with E-state index in [2.05, 4.69) is 61.2 Å². The Morgan fingerprint density at radius 3 is 2.52 bits per heavy atom. The van der Waals surface area contributed by atoms with Crippen molar-refractivity contribution in [3.05, 3.63) is 47.9 Å². The van der Waals surface area contributed by atoms with Crippen LogP contribution in [0.4, 0.5) is 11.6 Å². The van der Waals surface area contributed by atoms with E-state index in [1.807, 2.05) is 13.0 Å². The van der Waals surface area contributed by atoms with Gasteiger partial charge in [0.2, 0.25) is 0 Å². The zero-order valence-electron chi connectivity index (χ0n) is 14.7. The van der Waals surface area contributed by atoms with E-state index in [9.17, 15) is 0 Å². The molecule has 0 amide bonds. The average molecular weight is 334 g/mol. The van der Waals surface area contributed by atoms with Crippen molar-refractivity contribution in [3.63, 3.8) is 0 Å². The van der Waals surface area contributed by atoms with Gasteiger partial charge >= 0.3 is 0 Å². The molecule has 1 fully saturated rings. The van der Waals surface area contributed by atoms with Gasteiger partial charge in [-0.2, -0.15) is 5.10 Å². The molecule has 25 heavy (non-hydrogen) atoms. The third kappa shape index (κ3) is 3.24. The molecule has 1 saturated heterocycles. The number of aromatic nitrogens is 4. The summed E-state index contributed by atoms with van der Waals surface area (Å²) in [5.74, 6) is 1.99. The monoisotopic (exact) mass is 334 g/mol. The Hall–Kier alpha value is -2.76. The summed E-state index contributed by atoms with van der Waals surface area (Å²) in [4.78, 5) is 13.7. The summed E-state index contributed by atoms with van der Waals surface area (Å²) in [7, 11) is 0. The molecule has 2 aromatic heterocycles. The molecular weight excluding hydrogens is 312 g/mol. The van der Waals surface area contributed by atoms with Crippen molar-refractivity contribution in [2.75, 3.05) is 36.0 Å². The van der Waals surface area contributed by atoms with E-state index in [4.69, 9.17) is 0 Å². The maximum Gasteiger partial charge on any atom is 0.151 e. The molecule has 0 saturated carbocycles. The van der Waals surface area contributed by atoms with Crippen LogP contribution in [0.15, 0.2) is 36.7 Å². The second-order valence-corrected chi connectivity index (χ2v) is 6.58. The number of aryl methyl sites for hydroxylation is 2. The lowest BCUT2D eigenvalue weighted by molar-refractivity contribution is 0.782. The van der Waals surface area contributed by atoms with Crippen molar-refractivity contribution in [1.82, 2.24) is 20.2 Å². The van der Waals surface area contributed by atoms with Gasteiger partial charge in [-0.15, -0.1) is 5.10 Å². The second kappa shape index (κ2) is 6.63. The number of hydrogen-bond donors (Lipinski definition) is 0. The van der Waals surface area contributed by atoms with Gasteiger partial charge < -0.3 is 9.80 Å². The highest BCUT2D eigenvalue weighted by atomic mass is 15.3.